The average molecular weight is 297 g/mol. The van der Waals surface area contributed by atoms with E-state index in [1.165, 1.54) is 0 Å². The third-order valence-corrected chi connectivity index (χ3v) is 4.56. The van der Waals surface area contributed by atoms with Crippen LogP contribution in [-0.4, -0.2) is 73.7 Å². The highest BCUT2D eigenvalue weighted by Crippen LogP contribution is 2.22. The Kier molecular flexibility index (Phi) is 6.02. The molecule has 2 saturated heterocycles. The van der Waals surface area contributed by atoms with E-state index in [-0.39, 0.29) is 5.92 Å². The molecule has 0 spiro atoms. The van der Waals surface area contributed by atoms with Crippen molar-refractivity contribution in [3.05, 3.63) is 0 Å². The molecule has 122 valence electrons. The molecule has 0 bridgehead atoms. The first-order chi connectivity index (χ1) is 10.0. The number of nitrogens with one attached hydrogen (secondary N) is 1. The summed E-state index contributed by atoms with van der Waals surface area (Å²) >= 11 is 0. The zero-order valence-corrected chi connectivity index (χ0v) is 14.0. The van der Waals surface area contributed by atoms with Gasteiger partial charge in [-0.25, -0.2) is 0 Å². The fraction of sp³-hybridized carbons (Fsp3) is 0.938. The topological polar surface area (TPSA) is 44.8 Å². The van der Waals surface area contributed by atoms with Gasteiger partial charge in [-0.15, -0.1) is 0 Å². The summed E-state index contributed by atoms with van der Waals surface area (Å²) in [5.74, 6) is 0.374. The smallest absolute Gasteiger partial charge is 0.226 e. The standard InChI is InChI=1S/C16H31N3O2/c1-12(8-17-4)16(20)19-7-5-6-15(19)11-18-9-13(2)21-14(3)10-18/h12-15,17H,5-11H2,1-4H3/t12-,13-,14-,15+/m0/s1. The van der Waals surface area contributed by atoms with E-state index in [4.69, 9.17) is 4.74 Å². The van der Waals surface area contributed by atoms with Crippen molar-refractivity contribution in [2.75, 3.05) is 39.8 Å². The highest BCUT2D eigenvalue weighted by Gasteiger charge is 2.33. The maximum atomic E-state index is 12.6. The Hall–Kier alpha value is -0.650. The van der Waals surface area contributed by atoms with E-state index in [1.54, 1.807) is 0 Å². The lowest BCUT2D eigenvalue weighted by molar-refractivity contribution is -0.136. The summed E-state index contributed by atoms with van der Waals surface area (Å²) < 4.78 is 5.79. The number of ether oxygens (including phenoxy) is 1. The van der Waals surface area contributed by atoms with Crippen molar-refractivity contribution < 1.29 is 9.53 Å². The number of rotatable bonds is 5. The second-order valence-electron chi connectivity index (χ2n) is 6.76. The molecule has 0 aromatic rings. The van der Waals surface area contributed by atoms with Crippen molar-refractivity contribution in [1.82, 2.24) is 15.1 Å². The molecule has 1 amide bonds. The Balaban J connectivity index is 1.91. The highest BCUT2D eigenvalue weighted by molar-refractivity contribution is 5.79. The van der Waals surface area contributed by atoms with Crippen LogP contribution in [0.1, 0.15) is 33.6 Å². The fourth-order valence-corrected chi connectivity index (χ4v) is 3.72. The van der Waals surface area contributed by atoms with Crippen LogP contribution in [0.15, 0.2) is 0 Å². The van der Waals surface area contributed by atoms with E-state index in [1.807, 2.05) is 14.0 Å². The molecule has 1 N–H and O–H groups in total. The van der Waals surface area contributed by atoms with Crippen LogP contribution in [-0.2, 0) is 9.53 Å². The molecule has 21 heavy (non-hydrogen) atoms. The quantitative estimate of drug-likeness (QED) is 0.820. The Labute approximate surface area is 129 Å². The summed E-state index contributed by atoms with van der Waals surface area (Å²) in [7, 11) is 1.90. The number of amides is 1. The largest absolute Gasteiger partial charge is 0.373 e. The van der Waals surface area contributed by atoms with Crippen LogP contribution in [0, 0.1) is 5.92 Å². The zero-order valence-electron chi connectivity index (χ0n) is 14.0. The normalized spacial score (nSPS) is 32.4. The maximum absolute atomic E-state index is 12.6. The van der Waals surface area contributed by atoms with E-state index < -0.39 is 0 Å². The molecule has 0 aliphatic carbocycles. The van der Waals surface area contributed by atoms with Crippen LogP contribution in [0.3, 0.4) is 0 Å². The van der Waals surface area contributed by atoms with Crippen molar-refractivity contribution in [2.24, 2.45) is 5.92 Å². The molecule has 0 aromatic heterocycles. The van der Waals surface area contributed by atoms with Crippen LogP contribution in [0.25, 0.3) is 0 Å². The van der Waals surface area contributed by atoms with Gasteiger partial charge in [0, 0.05) is 44.7 Å². The summed E-state index contributed by atoms with van der Waals surface area (Å²) in [5.41, 5.74) is 0. The predicted octanol–water partition coefficient (Wildman–Crippen LogP) is 0.942. The zero-order chi connectivity index (χ0) is 15.4. The van der Waals surface area contributed by atoms with Gasteiger partial charge >= 0.3 is 0 Å². The first-order valence-electron chi connectivity index (χ1n) is 8.34. The van der Waals surface area contributed by atoms with Gasteiger partial charge < -0.3 is 15.0 Å². The van der Waals surface area contributed by atoms with E-state index in [0.717, 1.165) is 45.6 Å². The average Bonchev–Trinajstić information content (AvgIpc) is 2.85. The Bertz CT molecular complexity index is 340. The molecular formula is C16H31N3O2. The van der Waals surface area contributed by atoms with Crippen molar-refractivity contribution in [3.8, 4) is 0 Å². The summed E-state index contributed by atoms with van der Waals surface area (Å²) in [6.07, 6.45) is 2.86. The number of morpholine rings is 1. The molecule has 2 rings (SSSR count). The third kappa shape index (κ3) is 4.41. The van der Waals surface area contributed by atoms with E-state index in [0.29, 0.717) is 24.2 Å². The van der Waals surface area contributed by atoms with Crippen molar-refractivity contribution in [2.45, 2.75) is 51.9 Å². The van der Waals surface area contributed by atoms with Gasteiger partial charge in [-0.1, -0.05) is 6.92 Å². The first kappa shape index (κ1) is 16.7. The summed E-state index contributed by atoms with van der Waals surface area (Å²) in [6.45, 7) is 10.9. The van der Waals surface area contributed by atoms with Gasteiger partial charge in [0.1, 0.15) is 0 Å². The molecular weight excluding hydrogens is 266 g/mol. The van der Waals surface area contributed by atoms with Gasteiger partial charge in [0.2, 0.25) is 5.91 Å². The minimum absolute atomic E-state index is 0.0677. The van der Waals surface area contributed by atoms with Gasteiger partial charge in [0.05, 0.1) is 12.2 Å². The monoisotopic (exact) mass is 297 g/mol. The van der Waals surface area contributed by atoms with Crippen LogP contribution >= 0.6 is 0 Å². The molecule has 5 heteroatoms. The number of nitrogens with zero attached hydrogens (tertiary/aromatic N) is 2. The minimum Gasteiger partial charge on any atom is -0.373 e. The van der Waals surface area contributed by atoms with Gasteiger partial charge in [0.15, 0.2) is 0 Å². The molecule has 5 nitrogen and oxygen atoms in total. The molecule has 0 saturated carbocycles. The molecule has 2 fully saturated rings. The van der Waals surface area contributed by atoms with E-state index in [2.05, 4.69) is 29.0 Å². The van der Waals surface area contributed by atoms with Crippen molar-refractivity contribution in [1.29, 1.82) is 0 Å². The molecule has 0 unspecified atom stereocenters. The number of hydrogen-bond acceptors (Lipinski definition) is 4. The molecule has 0 aromatic carbocycles. The lowest BCUT2D eigenvalue weighted by atomic mass is 10.1. The second-order valence-corrected chi connectivity index (χ2v) is 6.76. The van der Waals surface area contributed by atoms with E-state index in [9.17, 15) is 4.79 Å². The van der Waals surface area contributed by atoms with Crippen LogP contribution in [0.5, 0.6) is 0 Å². The minimum atomic E-state index is 0.0677. The van der Waals surface area contributed by atoms with Gasteiger partial charge in [-0.3, -0.25) is 9.69 Å². The lowest BCUT2D eigenvalue weighted by Gasteiger charge is -2.38. The Morgan fingerprint density at radius 2 is 2.00 bits per heavy atom. The van der Waals surface area contributed by atoms with Crippen LogP contribution in [0.2, 0.25) is 0 Å². The lowest BCUT2D eigenvalue weighted by Crippen LogP contribution is -2.51. The van der Waals surface area contributed by atoms with Crippen molar-refractivity contribution in [3.63, 3.8) is 0 Å². The summed E-state index contributed by atoms with van der Waals surface area (Å²) in [6, 6.07) is 0.384. The summed E-state index contributed by atoms with van der Waals surface area (Å²) in [5, 5.41) is 3.11. The van der Waals surface area contributed by atoms with Crippen LogP contribution in [0.4, 0.5) is 0 Å². The molecule has 2 heterocycles. The number of hydrogen-bond donors (Lipinski definition) is 1. The number of carbonyl (C=O) groups is 1. The van der Waals surface area contributed by atoms with Crippen molar-refractivity contribution >= 4 is 5.91 Å². The second kappa shape index (κ2) is 7.56. The van der Waals surface area contributed by atoms with Gasteiger partial charge in [0.25, 0.3) is 0 Å². The Morgan fingerprint density at radius 3 is 2.62 bits per heavy atom. The highest BCUT2D eigenvalue weighted by atomic mass is 16.5. The van der Waals surface area contributed by atoms with Gasteiger partial charge in [-0.05, 0) is 33.7 Å². The number of carbonyl (C=O) groups excluding carboxylic acids is 1. The first-order valence-corrected chi connectivity index (χ1v) is 8.34. The van der Waals surface area contributed by atoms with Crippen LogP contribution < -0.4 is 5.32 Å². The SMILES string of the molecule is CNC[C@H](C)C(=O)N1CCC[C@@H]1CN1C[C@H](C)O[C@@H](C)C1. The maximum Gasteiger partial charge on any atom is 0.226 e. The molecule has 2 aliphatic rings. The molecule has 4 atom stereocenters. The molecule has 2 aliphatic heterocycles. The van der Waals surface area contributed by atoms with E-state index >= 15 is 0 Å². The predicted molar refractivity (Wildman–Crippen MR) is 84.3 cm³/mol. The van der Waals surface area contributed by atoms with Gasteiger partial charge in [-0.2, -0.15) is 0 Å². The Morgan fingerprint density at radius 1 is 1.33 bits per heavy atom. The molecule has 0 radical (unpaired) electrons. The fourth-order valence-electron chi connectivity index (χ4n) is 3.72. The number of likely N-dealkylation sites (tertiary alicyclic amines) is 1. The summed E-state index contributed by atoms with van der Waals surface area (Å²) in [4.78, 5) is 17.1. The third-order valence-electron chi connectivity index (χ3n) is 4.56.